The molecule has 0 aliphatic rings. The van der Waals surface area contributed by atoms with Crippen molar-refractivity contribution in [3.05, 3.63) is 35.3 Å². The molecule has 114 valence electrons. The molecule has 0 bridgehead atoms. The van der Waals surface area contributed by atoms with Crippen LogP contribution in [-0.4, -0.2) is 28.6 Å². The topological polar surface area (TPSA) is 65.1 Å². The van der Waals surface area contributed by atoms with Gasteiger partial charge in [0.2, 0.25) is 0 Å². The number of rotatable bonds is 5. The average molecular weight is 292 g/mol. The molecule has 0 aliphatic heterocycles. The maximum absolute atomic E-state index is 13.3. The van der Waals surface area contributed by atoms with Gasteiger partial charge in [-0.25, -0.2) is 4.39 Å². The van der Waals surface area contributed by atoms with Gasteiger partial charge in [0.25, 0.3) is 5.91 Å². The van der Waals surface area contributed by atoms with E-state index in [1.807, 2.05) is 13.8 Å². The number of aromatic nitrogens is 1. The molecule has 2 rings (SSSR count). The van der Waals surface area contributed by atoms with Gasteiger partial charge in [-0.05, 0) is 43.0 Å². The first-order valence-electron chi connectivity index (χ1n) is 7.12. The van der Waals surface area contributed by atoms with Crippen molar-refractivity contribution in [3.8, 4) is 0 Å². The molecule has 4 nitrogen and oxygen atoms in total. The SMILES string of the molecule is Cc1cc(F)cc2[nH]c(C(=O)NCC(O)CC(C)C)cc12. The van der Waals surface area contributed by atoms with Crippen LogP contribution >= 0.6 is 0 Å². The summed E-state index contributed by atoms with van der Waals surface area (Å²) < 4.78 is 13.3. The van der Waals surface area contributed by atoms with E-state index in [-0.39, 0.29) is 18.3 Å². The summed E-state index contributed by atoms with van der Waals surface area (Å²) in [6.07, 6.45) is 0.0783. The zero-order valence-corrected chi connectivity index (χ0v) is 12.5. The number of carbonyl (C=O) groups is 1. The van der Waals surface area contributed by atoms with E-state index < -0.39 is 6.10 Å². The summed E-state index contributed by atoms with van der Waals surface area (Å²) in [5.74, 6) is -0.259. The average Bonchev–Trinajstić information content (AvgIpc) is 2.79. The van der Waals surface area contributed by atoms with Crippen LogP contribution in [0.3, 0.4) is 0 Å². The van der Waals surface area contributed by atoms with Crippen LogP contribution in [0.1, 0.15) is 36.3 Å². The molecule has 2 aromatic rings. The second-order valence-electron chi connectivity index (χ2n) is 5.86. The highest BCUT2D eigenvalue weighted by Gasteiger charge is 2.13. The highest BCUT2D eigenvalue weighted by Crippen LogP contribution is 2.21. The summed E-state index contributed by atoms with van der Waals surface area (Å²) in [6.45, 7) is 6.03. The first kappa shape index (κ1) is 15.5. The molecule has 5 heteroatoms. The van der Waals surface area contributed by atoms with E-state index in [1.54, 1.807) is 13.0 Å². The summed E-state index contributed by atoms with van der Waals surface area (Å²) >= 11 is 0. The third kappa shape index (κ3) is 3.82. The molecule has 21 heavy (non-hydrogen) atoms. The van der Waals surface area contributed by atoms with E-state index in [2.05, 4.69) is 10.3 Å². The van der Waals surface area contributed by atoms with Crippen LogP contribution in [0.2, 0.25) is 0 Å². The molecule has 1 heterocycles. The Kier molecular flexibility index (Phi) is 4.63. The van der Waals surface area contributed by atoms with Crippen molar-refractivity contribution in [2.24, 2.45) is 5.92 Å². The molecular formula is C16H21FN2O2. The molecule has 1 amide bonds. The minimum atomic E-state index is -0.558. The molecule has 0 saturated carbocycles. The third-order valence-corrected chi connectivity index (χ3v) is 3.40. The summed E-state index contributed by atoms with van der Waals surface area (Å²) in [6, 6.07) is 4.51. The van der Waals surface area contributed by atoms with Gasteiger partial charge in [-0.1, -0.05) is 13.8 Å². The lowest BCUT2D eigenvalue weighted by atomic mass is 10.1. The third-order valence-electron chi connectivity index (χ3n) is 3.40. The van der Waals surface area contributed by atoms with E-state index in [0.717, 1.165) is 10.9 Å². The Morgan fingerprint density at radius 2 is 2.10 bits per heavy atom. The van der Waals surface area contributed by atoms with Crippen LogP contribution in [0.4, 0.5) is 4.39 Å². The fourth-order valence-electron chi connectivity index (χ4n) is 2.43. The van der Waals surface area contributed by atoms with Crippen molar-refractivity contribution in [2.45, 2.75) is 33.3 Å². The van der Waals surface area contributed by atoms with E-state index in [9.17, 15) is 14.3 Å². The van der Waals surface area contributed by atoms with Crippen LogP contribution < -0.4 is 5.32 Å². The Bertz CT molecular complexity index is 649. The molecule has 1 unspecified atom stereocenters. The number of hydrogen-bond acceptors (Lipinski definition) is 2. The number of aliphatic hydroxyl groups excluding tert-OH is 1. The zero-order chi connectivity index (χ0) is 15.6. The molecule has 3 N–H and O–H groups in total. The molecule has 0 spiro atoms. The van der Waals surface area contributed by atoms with E-state index in [4.69, 9.17) is 0 Å². The Balaban J connectivity index is 2.08. The summed E-state index contributed by atoms with van der Waals surface area (Å²) in [5.41, 5.74) is 1.75. The number of benzene rings is 1. The number of carbonyl (C=O) groups excluding carboxylic acids is 1. The first-order chi connectivity index (χ1) is 9.86. The number of halogens is 1. The van der Waals surface area contributed by atoms with Crippen LogP contribution in [0, 0.1) is 18.7 Å². The fourth-order valence-corrected chi connectivity index (χ4v) is 2.43. The number of H-pyrrole nitrogens is 1. The lowest BCUT2D eigenvalue weighted by molar-refractivity contribution is 0.0896. The van der Waals surface area contributed by atoms with Crippen molar-refractivity contribution in [2.75, 3.05) is 6.54 Å². The standard InChI is InChI=1S/C16H21FN2O2/c1-9(2)4-12(20)8-18-16(21)15-7-13-10(3)5-11(17)6-14(13)19-15/h5-7,9,12,19-20H,4,8H2,1-3H3,(H,18,21). The molecular weight excluding hydrogens is 271 g/mol. The smallest absolute Gasteiger partial charge is 0.267 e. The van der Waals surface area contributed by atoms with Gasteiger partial charge in [-0.15, -0.1) is 0 Å². The molecule has 0 saturated heterocycles. The second-order valence-corrected chi connectivity index (χ2v) is 5.86. The number of nitrogens with one attached hydrogen (secondary N) is 2. The van der Waals surface area contributed by atoms with Gasteiger partial charge in [0, 0.05) is 17.4 Å². The van der Waals surface area contributed by atoms with E-state index in [0.29, 0.717) is 23.5 Å². The zero-order valence-electron chi connectivity index (χ0n) is 12.5. The van der Waals surface area contributed by atoms with Gasteiger partial charge in [-0.2, -0.15) is 0 Å². The van der Waals surface area contributed by atoms with Gasteiger partial charge in [0.05, 0.1) is 6.10 Å². The summed E-state index contributed by atoms with van der Waals surface area (Å²) in [4.78, 5) is 15.0. The van der Waals surface area contributed by atoms with Gasteiger partial charge in [0.1, 0.15) is 11.5 Å². The number of aliphatic hydroxyl groups is 1. The van der Waals surface area contributed by atoms with Crippen LogP contribution in [0.5, 0.6) is 0 Å². The highest BCUT2D eigenvalue weighted by molar-refractivity contribution is 5.98. The predicted molar refractivity (Wildman–Crippen MR) is 80.8 cm³/mol. The van der Waals surface area contributed by atoms with E-state index in [1.165, 1.54) is 12.1 Å². The molecule has 1 aromatic heterocycles. The van der Waals surface area contributed by atoms with Crippen molar-refractivity contribution in [1.82, 2.24) is 10.3 Å². The molecule has 1 aromatic carbocycles. The van der Waals surface area contributed by atoms with Crippen molar-refractivity contribution < 1.29 is 14.3 Å². The second kappa shape index (κ2) is 6.26. The predicted octanol–water partition coefficient (Wildman–Crippen LogP) is 2.75. The van der Waals surface area contributed by atoms with E-state index >= 15 is 0 Å². The monoisotopic (exact) mass is 292 g/mol. The number of amides is 1. The quantitative estimate of drug-likeness (QED) is 0.793. The maximum atomic E-state index is 13.3. The van der Waals surface area contributed by atoms with Gasteiger partial charge in [-0.3, -0.25) is 4.79 Å². The summed E-state index contributed by atoms with van der Waals surface area (Å²) in [5, 5.41) is 13.3. The molecule has 0 fully saturated rings. The number of aryl methyl sites for hydroxylation is 1. The first-order valence-corrected chi connectivity index (χ1v) is 7.12. The normalized spacial score (nSPS) is 12.9. The highest BCUT2D eigenvalue weighted by atomic mass is 19.1. The van der Waals surface area contributed by atoms with Crippen LogP contribution in [-0.2, 0) is 0 Å². The van der Waals surface area contributed by atoms with Crippen LogP contribution in [0.15, 0.2) is 18.2 Å². The largest absolute Gasteiger partial charge is 0.391 e. The van der Waals surface area contributed by atoms with Gasteiger partial charge >= 0.3 is 0 Å². The Labute approximate surface area is 123 Å². The number of hydrogen-bond donors (Lipinski definition) is 3. The van der Waals surface area contributed by atoms with Crippen molar-refractivity contribution in [3.63, 3.8) is 0 Å². The van der Waals surface area contributed by atoms with Gasteiger partial charge in [0.15, 0.2) is 0 Å². The fraction of sp³-hybridized carbons (Fsp3) is 0.438. The van der Waals surface area contributed by atoms with Crippen molar-refractivity contribution >= 4 is 16.8 Å². The Morgan fingerprint density at radius 1 is 1.38 bits per heavy atom. The number of fused-ring (bicyclic) bond motifs is 1. The minimum absolute atomic E-state index is 0.208. The summed E-state index contributed by atoms with van der Waals surface area (Å²) in [7, 11) is 0. The molecule has 1 atom stereocenters. The molecule has 0 radical (unpaired) electrons. The Hall–Kier alpha value is -1.88. The lowest BCUT2D eigenvalue weighted by Crippen LogP contribution is -2.32. The molecule has 0 aliphatic carbocycles. The number of aromatic amines is 1. The lowest BCUT2D eigenvalue weighted by Gasteiger charge is -2.13. The van der Waals surface area contributed by atoms with Crippen molar-refractivity contribution in [1.29, 1.82) is 0 Å². The Morgan fingerprint density at radius 3 is 2.76 bits per heavy atom. The maximum Gasteiger partial charge on any atom is 0.267 e. The van der Waals surface area contributed by atoms with Gasteiger partial charge < -0.3 is 15.4 Å². The van der Waals surface area contributed by atoms with Crippen LogP contribution in [0.25, 0.3) is 10.9 Å². The minimum Gasteiger partial charge on any atom is -0.391 e.